The van der Waals surface area contributed by atoms with Crippen LogP contribution in [-0.4, -0.2) is 23.9 Å². The molecule has 1 aliphatic carbocycles. The summed E-state index contributed by atoms with van der Waals surface area (Å²) in [4.78, 5) is 13.5. The molecule has 1 atom stereocenters. The van der Waals surface area contributed by atoms with Crippen LogP contribution in [0.15, 0.2) is 12.2 Å². The zero-order valence-electron chi connectivity index (χ0n) is 9.28. The first-order chi connectivity index (χ1) is 7.27. The van der Waals surface area contributed by atoms with Crippen LogP contribution in [0.2, 0.25) is 0 Å². The van der Waals surface area contributed by atoms with Crippen molar-refractivity contribution in [3.63, 3.8) is 0 Å². The number of rotatable bonds is 5. The maximum absolute atomic E-state index is 11.8. The average Bonchev–Trinajstić information content (AvgIpc) is 2.70. The first-order valence-corrected chi connectivity index (χ1v) is 5.59. The van der Waals surface area contributed by atoms with Crippen molar-refractivity contribution in [2.75, 3.05) is 13.1 Å². The molecule has 3 nitrogen and oxygen atoms in total. The summed E-state index contributed by atoms with van der Waals surface area (Å²) >= 11 is 0. The lowest BCUT2D eigenvalue weighted by Crippen LogP contribution is -2.33. The van der Waals surface area contributed by atoms with Gasteiger partial charge in [-0.25, -0.2) is 0 Å². The minimum atomic E-state index is 0.120. The summed E-state index contributed by atoms with van der Waals surface area (Å²) in [5, 5.41) is 8.62. The SMILES string of the molecule is CCCN(CC#N)C(=O)C[C@H]1C=CCC1. The normalized spacial score (nSPS) is 18.8. The van der Waals surface area contributed by atoms with E-state index in [0.29, 0.717) is 18.9 Å². The molecule has 0 fully saturated rings. The molecule has 0 heterocycles. The van der Waals surface area contributed by atoms with Crippen molar-refractivity contribution >= 4 is 5.91 Å². The molecule has 82 valence electrons. The minimum absolute atomic E-state index is 0.120. The number of allylic oxidation sites excluding steroid dienone is 2. The molecule has 3 heteroatoms. The van der Waals surface area contributed by atoms with Gasteiger partial charge in [-0.2, -0.15) is 5.26 Å². The zero-order valence-corrected chi connectivity index (χ0v) is 9.28. The third-order valence-electron chi connectivity index (χ3n) is 2.66. The molecular formula is C12H18N2O. The lowest BCUT2D eigenvalue weighted by Gasteiger charge is -2.20. The van der Waals surface area contributed by atoms with E-state index in [1.165, 1.54) is 0 Å². The maximum atomic E-state index is 11.8. The Balaban J connectivity index is 2.41. The predicted molar refractivity (Wildman–Crippen MR) is 59.0 cm³/mol. The van der Waals surface area contributed by atoms with E-state index < -0.39 is 0 Å². The summed E-state index contributed by atoms with van der Waals surface area (Å²) in [7, 11) is 0. The zero-order chi connectivity index (χ0) is 11.1. The van der Waals surface area contributed by atoms with Crippen molar-refractivity contribution in [2.45, 2.75) is 32.6 Å². The Bertz CT molecular complexity index is 278. The molecule has 15 heavy (non-hydrogen) atoms. The highest BCUT2D eigenvalue weighted by atomic mass is 16.2. The molecule has 0 aromatic carbocycles. The van der Waals surface area contributed by atoms with Crippen LogP contribution in [0, 0.1) is 17.2 Å². The van der Waals surface area contributed by atoms with Crippen molar-refractivity contribution < 1.29 is 4.79 Å². The number of carbonyl (C=O) groups excluding carboxylic acids is 1. The van der Waals surface area contributed by atoms with Gasteiger partial charge in [-0.15, -0.1) is 0 Å². The molecule has 1 rings (SSSR count). The van der Waals surface area contributed by atoms with Crippen molar-refractivity contribution in [3.8, 4) is 6.07 Å². The second-order valence-corrected chi connectivity index (χ2v) is 3.94. The van der Waals surface area contributed by atoms with Crippen LogP contribution in [0.1, 0.15) is 32.6 Å². The number of hydrogen-bond donors (Lipinski definition) is 0. The van der Waals surface area contributed by atoms with Crippen LogP contribution >= 0.6 is 0 Å². The highest BCUT2D eigenvalue weighted by Crippen LogP contribution is 2.21. The van der Waals surface area contributed by atoms with Gasteiger partial charge in [-0.1, -0.05) is 19.1 Å². The topological polar surface area (TPSA) is 44.1 Å². The summed E-state index contributed by atoms with van der Waals surface area (Å²) in [6.07, 6.45) is 7.90. The standard InChI is InChI=1S/C12H18N2O/c1-2-8-14(9-7-13)12(15)10-11-5-3-4-6-11/h3,5,11H,2,4,6,8-10H2,1H3/t11-/m0/s1. The van der Waals surface area contributed by atoms with Crippen LogP contribution in [0.5, 0.6) is 0 Å². The van der Waals surface area contributed by atoms with Crippen molar-refractivity contribution in [1.82, 2.24) is 4.90 Å². The summed E-state index contributed by atoms with van der Waals surface area (Å²) < 4.78 is 0. The van der Waals surface area contributed by atoms with E-state index in [0.717, 1.165) is 19.3 Å². The quantitative estimate of drug-likeness (QED) is 0.510. The van der Waals surface area contributed by atoms with Crippen LogP contribution in [0.25, 0.3) is 0 Å². The lowest BCUT2D eigenvalue weighted by atomic mass is 10.0. The van der Waals surface area contributed by atoms with Crippen LogP contribution < -0.4 is 0 Å². The molecule has 1 amide bonds. The first kappa shape index (κ1) is 11.8. The molecule has 0 N–H and O–H groups in total. The number of nitrogens with zero attached hydrogens (tertiary/aromatic N) is 2. The molecule has 0 saturated heterocycles. The monoisotopic (exact) mass is 206 g/mol. The molecular weight excluding hydrogens is 188 g/mol. The van der Waals surface area contributed by atoms with Gasteiger partial charge in [-0.3, -0.25) is 4.79 Å². The van der Waals surface area contributed by atoms with Crippen molar-refractivity contribution in [1.29, 1.82) is 5.26 Å². The Morgan fingerprint density at radius 3 is 3.00 bits per heavy atom. The second-order valence-electron chi connectivity index (χ2n) is 3.94. The second kappa shape index (κ2) is 6.23. The molecule has 1 aliphatic rings. The predicted octanol–water partition coefficient (Wildman–Crippen LogP) is 2.10. The summed E-state index contributed by atoms with van der Waals surface area (Å²) in [5.41, 5.74) is 0. The maximum Gasteiger partial charge on any atom is 0.224 e. The highest BCUT2D eigenvalue weighted by molar-refractivity contribution is 5.77. The van der Waals surface area contributed by atoms with Gasteiger partial charge in [0.2, 0.25) is 5.91 Å². The Kier molecular flexibility index (Phi) is 4.89. The molecule has 0 bridgehead atoms. The van der Waals surface area contributed by atoms with Crippen LogP contribution in [0.4, 0.5) is 0 Å². The van der Waals surface area contributed by atoms with E-state index in [1.807, 2.05) is 13.0 Å². The van der Waals surface area contributed by atoms with E-state index in [9.17, 15) is 4.79 Å². The Labute approximate surface area is 91.4 Å². The van der Waals surface area contributed by atoms with E-state index >= 15 is 0 Å². The van der Waals surface area contributed by atoms with Gasteiger partial charge in [-0.05, 0) is 25.2 Å². The summed E-state index contributed by atoms with van der Waals surface area (Å²) in [6.45, 7) is 2.94. The van der Waals surface area contributed by atoms with E-state index in [2.05, 4.69) is 12.2 Å². The molecule has 0 unspecified atom stereocenters. The Hall–Kier alpha value is -1.30. The van der Waals surface area contributed by atoms with E-state index in [1.54, 1.807) is 4.90 Å². The van der Waals surface area contributed by atoms with Gasteiger partial charge in [0.25, 0.3) is 0 Å². The molecule has 0 aliphatic heterocycles. The fourth-order valence-corrected chi connectivity index (χ4v) is 1.87. The molecule has 0 aromatic heterocycles. The molecule has 0 radical (unpaired) electrons. The Morgan fingerprint density at radius 2 is 2.47 bits per heavy atom. The lowest BCUT2D eigenvalue weighted by molar-refractivity contribution is -0.131. The highest BCUT2D eigenvalue weighted by Gasteiger charge is 2.18. The molecule has 0 saturated carbocycles. The van der Waals surface area contributed by atoms with Gasteiger partial charge < -0.3 is 4.90 Å². The smallest absolute Gasteiger partial charge is 0.224 e. The Morgan fingerprint density at radius 1 is 1.67 bits per heavy atom. The van der Waals surface area contributed by atoms with E-state index in [-0.39, 0.29) is 12.5 Å². The van der Waals surface area contributed by atoms with Gasteiger partial charge in [0.1, 0.15) is 6.54 Å². The van der Waals surface area contributed by atoms with Crippen molar-refractivity contribution in [3.05, 3.63) is 12.2 Å². The summed E-state index contributed by atoms with van der Waals surface area (Å²) in [6, 6.07) is 2.05. The van der Waals surface area contributed by atoms with Gasteiger partial charge in [0.15, 0.2) is 0 Å². The fourth-order valence-electron chi connectivity index (χ4n) is 1.87. The molecule has 0 aromatic rings. The number of hydrogen-bond acceptors (Lipinski definition) is 2. The largest absolute Gasteiger partial charge is 0.329 e. The number of carbonyl (C=O) groups is 1. The fraction of sp³-hybridized carbons (Fsp3) is 0.667. The minimum Gasteiger partial charge on any atom is -0.329 e. The van der Waals surface area contributed by atoms with Gasteiger partial charge in [0, 0.05) is 13.0 Å². The van der Waals surface area contributed by atoms with Crippen molar-refractivity contribution in [2.24, 2.45) is 5.92 Å². The third kappa shape index (κ3) is 3.75. The van der Waals surface area contributed by atoms with E-state index in [4.69, 9.17) is 5.26 Å². The van der Waals surface area contributed by atoms with Crippen LogP contribution in [0.3, 0.4) is 0 Å². The summed E-state index contributed by atoms with van der Waals surface area (Å²) in [5.74, 6) is 0.519. The molecule has 0 spiro atoms. The van der Waals surface area contributed by atoms with Gasteiger partial charge >= 0.3 is 0 Å². The number of amides is 1. The number of nitriles is 1. The van der Waals surface area contributed by atoms with Gasteiger partial charge in [0.05, 0.1) is 6.07 Å². The first-order valence-electron chi connectivity index (χ1n) is 5.59. The average molecular weight is 206 g/mol. The third-order valence-corrected chi connectivity index (χ3v) is 2.66. The van der Waals surface area contributed by atoms with Crippen LogP contribution in [-0.2, 0) is 4.79 Å².